The molecule has 4 rings (SSSR count). The normalized spacial score (nSPS) is 14.1. The van der Waals surface area contributed by atoms with Crippen molar-refractivity contribution in [1.82, 2.24) is 0 Å². The summed E-state index contributed by atoms with van der Waals surface area (Å²) in [6.07, 6.45) is 1.94. The van der Waals surface area contributed by atoms with E-state index in [0.29, 0.717) is 57.7 Å². The Bertz CT molecular complexity index is 1170. The average Bonchev–Trinajstić information content (AvgIpc) is 3.03. The SMILES string of the molecule is CCOc1ccc(S(=O)(=O)Nc2cc(Br)c3oc4c(c3c2)C(=O)CCC4)cc1. The Labute approximate surface area is 171 Å². The first-order chi connectivity index (χ1) is 13.4. The third-order valence-corrected chi connectivity index (χ3v) is 6.59. The van der Waals surface area contributed by atoms with Gasteiger partial charge in [-0.2, -0.15) is 0 Å². The molecule has 0 fully saturated rings. The largest absolute Gasteiger partial charge is 0.494 e. The van der Waals surface area contributed by atoms with Crippen molar-refractivity contribution in [3.63, 3.8) is 0 Å². The van der Waals surface area contributed by atoms with Crippen molar-refractivity contribution < 1.29 is 22.4 Å². The van der Waals surface area contributed by atoms with Gasteiger partial charge in [0.1, 0.15) is 17.1 Å². The van der Waals surface area contributed by atoms with Crippen LogP contribution in [0.4, 0.5) is 5.69 Å². The lowest BCUT2D eigenvalue weighted by Crippen LogP contribution is -2.13. The number of ketones is 1. The van der Waals surface area contributed by atoms with Crippen LogP contribution in [0.1, 0.15) is 35.9 Å². The summed E-state index contributed by atoms with van der Waals surface area (Å²) >= 11 is 3.43. The van der Waals surface area contributed by atoms with Crippen molar-refractivity contribution in [3.05, 3.63) is 52.2 Å². The Balaban J connectivity index is 1.71. The number of fused-ring (bicyclic) bond motifs is 3. The minimum atomic E-state index is -3.79. The van der Waals surface area contributed by atoms with Gasteiger partial charge in [0.05, 0.1) is 27.2 Å². The second-order valence-electron chi connectivity index (χ2n) is 6.52. The molecule has 2 aromatic carbocycles. The van der Waals surface area contributed by atoms with Crippen molar-refractivity contribution in [1.29, 1.82) is 0 Å². The van der Waals surface area contributed by atoms with Crippen molar-refractivity contribution >= 4 is 48.4 Å². The summed E-state index contributed by atoms with van der Waals surface area (Å²) in [5.74, 6) is 1.30. The summed E-state index contributed by atoms with van der Waals surface area (Å²) in [5.41, 5.74) is 1.48. The molecule has 0 saturated heterocycles. The maximum atomic E-state index is 12.8. The van der Waals surface area contributed by atoms with Gasteiger partial charge in [-0.1, -0.05) is 0 Å². The van der Waals surface area contributed by atoms with Crippen LogP contribution >= 0.6 is 15.9 Å². The van der Waals surface area contributed by atoms with Gasteiger partial charge in [-0.15, -0.1) is 0 Å². The van der Waals surface area contributed by atoms with Crippen LogP contribution in [-0.2, 0) is 16.4 Å². The number of benzene rings is 2. The molecule has 1 N–H and O–H groups in total. The maximum absolute atomic E-state index is 12.8. The summed E-state index contributed by atoms with van der Waals surface area (Å²) in [5, 5.41) is 0.624. The van der Waals surface area contributed by atoms with Crippen LogP contribution in [0.5, 0.6) is 5.75 Å². The van der Waals surface area contributed by atoms with Crippen LogP contribution in [0, 0.1) is 0 Å². The number of nitrogens with one attached hydrogen (secondary N) is 1. The summed E-state index contributed by atoms with van der Waals surface area (Å²) in [4.78, 5) is 12.5. The Morgan fingerprint density at radius 2 is 1.93 bits per heavy atom. The van der Waals surface area contributed by atoms with Crippen molar-refractivity contribution in [2.75, 3.05) is 11.3 Å². The van der Waals surface area contributed by atoms with E-state index in [9.17, 15) is 13.2 Å². The van der Waals surface area contributed by atoms with E-state index < -0.39 is 10.0 Å². The Hall–Kier alpha value is -2.32. The highest BCUT2D eigenvalue weighted by atomic mass is 79.9. The van der Waals surface area contributed by atoms with E-state index in [1.165, 1.54) is 12.1 Å². The predicted octanol–water partition coefficient (Wildman–Crippen LogP) is 4.91. The van der Waals surface area contributed by atoms with Gasteiger partial charge in [0.15, 0.2) is 5.78 Å². The van der Waals surface area contributed by atoms with E-state index in [0.717, 1.165) is 6.42 Å². The fourth-order valence-corrected chi connectivity index (χ4v) is 4.96. The number of anilines is 1. The number of sulfonamides is 1. The van der Waals surface area contributed by atoms with Crippen LogP contribution in [-0.4, -0.2) is 20.8 Å². The minimum absolute atomic E-state index is 0.0263. The second-order valence-corrected chi connectivity index (χ2v) is 9.06. The molecule has 1 aromatic heterocycles. The first-order valence-corrected chi connectivity index (χ1v) is 11.2. The van der Waals surface area contributed by atoms with Gasteiger partial charge in [-0.05, 0) is 65.7 Å². The molecule has 1 heterocycles. The predicted molar refractivity (Wildman–Crippen MR) is 110 cm³/mol. The smallest absolute Gasteiger partial charge is 0.261 e. The molecule has 0 atom stereocenters. The van der Waals surface area contributed by atoms with E-state index in [1.54, 1.807) is 24.3 Å². The van der Waals surface area contributed by atoms with Gasteiger partial charge in [0, 0.05) is 18.2 Å². The number of carbonyl (C=O) groups excluding carboxylic acids is 1. The van der Waals surface area contributed by atoms with Gasteiger partial charge in [-0.3, -0.25) is 9.52 Å². The molecule has 0 unspecified atom stereocenters. The third kappa shape index (κ3) is 3.42. The van der Waals surface area contributed by atoms with E-state index in [2.05, 4.69) is 20.7 Å². The standard InChI is InChI=1S/C20H18BrNO5S/c1-2-26-13-6-8-14(9-7-13)28(24,25)22-12-10-15-19-17(23)4-3-5-18(19)27-20(15)16(21)11-12/h6-11,22H,2-5H2,1H3. The van der Waals surface area contributed by atoms with Gasteiger partial charge in [0.25, 0.3) is 10.0 Å². The average molecular weight is 464 g/mol. The monoisotopic (exact) mass is 463 g/mol. The first kappa shape index (κ1) is 19.0. The quantitative estimate of drug-likeness (QED) is 0.580. The molecular formula is C20H18BrNO5S. The molecule has 0 aliphatic heterocycles. The summed E-state index contributed by atoms with van der Waals surface area (Å²) in [6.45, 7) is 2.37. The van der Waals surface area contributed by atoms with Crippen LogP contribution in [0.3, 0.4) is 0 Å². The molecule has 8 heteroatoms. The Morgan fingerprint density at radius 3 is 2.64 bits per heavy atom. The molecule has 6 nitrogen and oxygen atoms in total. The first-order valence-electron chi connectivity index (χ1n) is 8.93. The third-order valence-electron chi connectivity index (χ3n) is 4.60. The summed E-state index contributed by atoms with van der Waals surface area (Å²) in [6, 6.07) is 9.49. The number of hydrogen-bond donors (Lipinski definition) is 1. The number of furan rings is 1. The number of rotatable bonds is 5. The molecule has 0 amide bonds. The van der Waals surface area contributed by atoms with Crippen LogP contribution in [0.15, 0.2) is 50.2 Å². The summed E-state index contributed by atoms with van der Waals surface area (Å²) < 4.78 is 39.9. The Kier molecular flexibility index (Phi) is 4.93. The number of Topliss-reactive ketones (excluding diaryl/α,β-unsaturated/α-hetero) is 1. The molecular weight excluding hydrogens is 446 g/mol. The van der Waals surface area contributed by atoms with E-state index in [4.69, 9.17) is 9.15 Å². The maximum Gasteiger partial charge on any atom is 0.261 e. The fourth-order valence-electron chi connectivity index (χ4n) is 3.38. The topological polar surface area (TPSA) is 85.6 Å². The zero-order valence-corrected chi connectivity index (χ0v) is 17.5. The Morgan fingerprint density at radius 1 is 1.18 bits per heavy atom. The zero-order chi connectivity index (χ0) is 19.9. The van der Waals surface area contributed by atoms with Crippen molar-refractivity contribution in [3.8, 4) is 5.75 Å². The lowest BCUT2D eigenvalue weighted by Gasteiger charge is -2.10. The molecule has 0 radical (unpaired) electrons. The molecule has 3 aromatic rings. The zero-order valence-electron chi connectivity index (χ0n) is 15.1. The van der Waals surface area contributed by atoms with Gasteiger partial charge < -0.3 is 9.15 Å². The number of carbonyl (C=O) groups is 1. The summed E-state index contributed by atoms with van der Waals surface area (Å²) in [7, 11) is -3.79. The number of hydrogen-bond acceptors (Lipinski definition) is 5. The molecule has 28 heavy (non-hydrogen) atoms. The van der Waals surface area contributed by atoms with Crippen molar-refractivity contribution in [2.45, 2.75) is 31.1 Å². The van der Waals surface area contributed by atoms with Crippen LogP contribution in [0.2, 0.25) is 0 Å². The van der Waals surface area contributed by atoms with Crippen LogP contribution in [0.25, 0.3) is 11.0 Å². The number of halogens is 1. The lowest BCUT2D eigenvalue weighted by atomic mass is 9.94. The van der Waals surface area contributed by atoms with Gasteiger partial charge >= 0.3 is 0 Å². The highest BCUT2D eigenvalue weighted by Gasteiger charge is 2.26. The molecule has 0 spiro atoms. The van der Waals surface area contributed by atoms with E-state index in [-0.39, 0.29) is 10.7 Å². The molecule has 1 aliphatic rings. The number of aryl methyl sites for hydroxylation is 1. The molecule has 0 saturated carbocycles. The van der Waals surface area contributed by atoms with Gasteiger partial charge in [0.2, 0.25) is 0 Å². The molecule has 146 valence electrons. The fraction of sp³-hybridized carbons (Fsp3) is 0.250. The van der Waals surface area contributed by atoms with Gasteiger partial charge in [-0.25, -0.2) is 8.42 Å². The highest BCUT2D eigenvalue weighted by molar-refractivity contribution is 9.10. The highest BCUT2D eigenvalue weighted by Crippen LogP contribution is 2.38. The number of ether oxygens (including phenoxy) is 1. The van der Waals surface area contributed by atoms with E-state index in [1.807, 2.05) is 6.92 Å². The minimum Gasteiger partial charge on any atom is -0.494 e. The van der Waals surface area contributed by atoms with E-state index >= 15 is 0 Å². The van der Waals surface area contributed by atoms with Crippen molar-refractivity contribution in [2.24, 2.45) is 0 Å². The van der Waals surface area contributed by atoms with Crippen LogP contribution < -0.4 is 9.46 Å². The molecule has 1 aliphatic carbocycles. The molecule has 0 bridgehead atoms. The lowest BCUT2D eigenvalue weighted by molar-refractivity contribution is 0.0971. The second kappa shape index (κ2) is 7.25.